The first kappa shape index (κ1) is 22.3. The number of carbonyl (C=O) groups is 3. The molecule has 8 nitrogen and oxygen atoms in total. The topological polar surface area (TPSA) is 97.0 Å². The molecule has 1 aromatic rings. The molecule has 4 atom stereocenters. The van der Waals surface area contributed by atoms with Crippen molar-refractivity contribution in [2.75, 3.05) is 38.6 Å². The van der Waals surface area contributed by atoms with Gasteiger partial charge in [0.25, 0.3) is 0 Å². The van der Waals surface area contributed by atoms with Gasteiger partial charge in [-0.3, -0.25) is 9.59 Å². The molecule has 3 saturated heterocycles. The second-order valence-electron chi connectivity index (χ2n) is 8.04. The molecule has 4 rings (SSSR count). The van der Waals surface area contributed by atoms with Gasteiger partial charge in [-0.1, -0.05) is 30.3 Å². The molecular weight excluding hydrogens is 418 g/mol. The van der Waals surface area contributed by atoms with Gasteiger partial charge in [-0.15, -0.1) is 0 Å². The van der Waals surface area contributed by atoms with Crippen LogP contribution in [0.15, 0.2) is 30.3 Å². The van der Waals surface area contributed by atoms with Gasteiger partial charge in [-0.2, -0.15) is 11.8 Å². The second-order valence-corrected chi connectivity index (χ2v) is 9.07. The van der Waals surface area contributed by atoms with E-state index in [0.717, 1.165) is 24.9 Å². The highest BCUT2D eigenvalue weighted by Crippen LogP contribution is 2.26. The van der Waals surface area contributed by atoms with Crippen molar-refractivity contribution in [3.63, 3.8) is 0 Å². The number of rotatable bonds is 7. The number of urea groups is 1. The first-order chi connectivity index (χ1) is 15.1. The molecule has 0 bridgehead atoms. The minimum atomic E-state index is -1.12. The molecule has 31 heavy (non-hydrogen) atoms. The molecule has 3 aliphatic heterocycles. The number of hydrogen-bond acceptors (Lipinski definition) is 7. The highest BCUT2D eigenvalue weighted by atomic mass is 32.2. The number of nitrogens with one attached hydrogen (secondary N) is 2. The van der Waals surface area contributed by atoms with Gasteiger partial charge in [0.2, 0.25) is 0 Å². The van der Waals surface area contributed by atoms with Crippen LogP contribution in [0.3, 0.4) is 0 Å². The number of nitrogens with zero attached hydrogens (tertiary/aromatic N) is 1. The summed E-state index contributed by atoms with van der Waals surface area (Å²) < 4.78 is 11.2. The molecule has 0 radical (unpaired) electrons. The molecule has 0 spiro atoms. The third-order valence-electron chi connectivity index (χ3n) is 5.87. The number of fused-ring (bicyclic) bond motifs is 1. The lowest BCUT2D eigenvalue weighted by Crippen LogP contribution is -2.55. The van der Waals surface area contributed by atoms with Crippen molar-refractivity contribution in [3.8, 4) is 0 Å². The zero-order valence-electron chi connectivity index (χ0n) is 17.5. The van der Waals surface area contributed by atoms with E-state index in [1.54, 1.807) is 16.7 Å². The molecule has 3 fully saturated rings. The van der Waals surface area contributed by atoms with Crippen molar-refractivity contribution in [1.29, 1.82) is 0 Å². The van der Waals surface area contributed by atoms with Crippen LogP contribution < -0.4 is 10.6 Å². The number of piperidine rings is 1. The Balaban J connectivity index is 1.42. The summed E-state index contributed by atoms with van der Waals surface area (Å²) in [6.07, 6.45) is 0.302. The number of morpholine rings is 1. The zero-order valence-corrected chi connectivity index (χ0v) is 18.3. The second kappa shape index (κ2) is 10.6. The summed E-state index contributed by atoms with van der Waals surface area (Å²) in [5, 5.41) is 6.03. The predicted octanol–water partition coefficient (Wildman–Crippen LogP) is 0.988. The molecule has 9 heteroatoms. The zero-order chi connectivity index (χ0) is 21.6. The molecule has 2 N–H and O–H groups in total. The smallest absolute Gasteiger partial charge is 0.318 e. The molecule has 2 amide bonds. The maximum Gasteiger partial charge on any atom is 0.318 e. The van der Waals surface area contributed by atoms with E-state index in [9.17, 15) is 14.4 Å². The highest BCUT2D eigenvalue weighted by Gasteiger charge is 2.49. The molecule has 3 aliphatic rings. The van der Waals surface area contributed by atoms with Crippen LogP contribution >= 0.6 is 11.8 Å². The summed E-state index contributed by atoms with van der Waals surface area (Å²) in [6.45, 7) is 2.68. The largest absolute Gasteiger partial charge is 0.378 e. The van der Waals surface area contributed by atoms with E-state index >= 15 is 0 Å². The molecule has 0 aliphatic carbocycles. The molecular formula is C22H29N3O5S. The normalized spacial score (nSPS) is 26.9. The van der Waals surface area contributed by atoms with Crippen molar-refractivity contribution >= 4 is 29.4 Å². The van der Waals surface area contributed by atoms with Crippen molar-refractivity contribution in [2.24, 2.45) is 0 Å². The monoisotopic (exact) mass is 447 g/mol. The Morgan fingerprint density at radius 3 is 2.74 bits per heavy atom. The van der Waals surface area contributed by atoms with Gasteiger partial charge in [0.15, 0.2) is 17.7 Å². The molecule has 0 saturated carbocycles. The van der Waals surface area contributed by atoms with E-state index in [1.165, 1.54) is 0 Å². The molecule has 1 aromatic carbocycles. The number of ether oxygens (including phenoxy) is 2. The maximum absolute atomic E-state index is 13.3. The number of amides is 2. The fourth-order valence-electron chi connectivity index (χ4n) is 4.15. The van der Waals surface area contributed by atoms with E-state index < -0.39 is 18.2 Å². The lowest BCUT2D eigenvalue weighted by Gasteiger charge is -2.29. The molecule has 168 valence electrons. The number of carbonyl (C=O) groups excluding carboxylic acids is 3. The average Bonchev–Trinajstić information content (AvgIpc) is 3.16. The van der Waals surface area contributed by atoms with Crippen LogP contribution in [0.5, 0.6) is 0 Å². The Labute approximate surface area is 186 Å². The number of thioether (sulfide) groups is 1. The van der Waals surface area contributed by atoms with Crippen molar-refractivity contribution in [2.45, 2.75) is 42.9 Å². The Hall–Kier alpha value is -1.94. The summed E-state index contributed by atoms with van der Waals surface area (Å²) in [5.74, 6) is 0.515. The van der Waals surface area contributed by atoms with Gasteiger partial charge in [-0.25, -0.2) is 4.79 Å². The van der Waals surface area contributed by atoms with Gasteiger partial charge < -0.3 is 25.0 Å². The maximum atomic E-state index is 13.3. The number of hydrogen-bond donors (Lipinski definition) is 2. The number of benzene rings is 1. The first-order valence-corrected chi connectivity index (χ1v) is 12.0. The van der Waals surface area contributed by atoms with Gasteiger partial charge in [0.1, 0.15) is 6.04 Å². The first-order valence-electron chi connectivity index (χ1n) is 10.8. The summed E-state index contributed by atoms with van der Waals surface area (Å²) in [6, 6.07) is 8.43. The third-order valence-corrected chi connectivity index (χ3v) is 6.98. The van der Waals surface area contributed by atoms with E-state index in [-0.39, 0.29) is 23.7 Å². The number of Topliss-reactive ketones (excluding diaryl/α,β-unsaturated/α-hetero) is 2. The van der Waals surface area contributed by atoms with Gasteiger partial charge in [0, 0.05) is 24.6 Å². The highest BCUT2D eigenvalue weighted by molar-refractivity contribution is 7.98. The Bertz CT molecular complexity index is 787. The van der Waals surface area contributed by atoms with Crippen LogP contribution in [-0.2, 0) is 24.8 Å². The molecule has 1 unspecified atom stereocenters. The standard InChI is InChI=1S/C22H29N3O5S/c26-19(21-20(27)18-17(30-21)7-4-8-23-18)16(14-31-13-15-5-2-1-3-6-15)24-22(28)25-9-11-29-12-10-25/h1-3,5-6,16-18,21,23H,4,7-14H2,(H,24,28)/t16-,17-,18+,21?/m0/s1. The van der Waals surface area contributed by atoms with Gasteiger partial charge in [0.05, 0.1) is 25.4 Å². The van der Waals surface area contributed by atoms with Crippen LogP contribution in [-0.4, -0.2) is 85.4 Å². The molecule has 0 aromatic heterocycles. The van der Waals surface area contributed by atoms with E-state index in [0.29, 0.717) is 37.8 Å². The van der Waals surface area contributed by atoms with Gasteiger partial charge >= 0.3 is 6.03 Å². The van der Waals surface area contributed by atoms with E-state index in [2.05, 4.69) is 10.6 Å². The third kappa shape index (κ3) is 5.46. The predicted molar refractivity (Wildman–Crippen MR) is 117 cm³/mol. The Kier molecular flexibility index (Phi) is 7.60. The van der Waals surface area contributed by atoms with E-state index in [4.69, 9.17) is 9.47 Å². The number of ketones is 2. The Morgan fingerprint density at radius 1 is 1.23 bits per heavy atom. The lowest BCUT2D eigenvalue weighted by atomic mass is 9.96. The summed E-state index contributed by atoms with van der Waals surface area (Å²) in [7, 11) is 0. The van der Waals surface area contributed by atoms with Crippen LogP contribution in [0.1, 0.15) is 18.4 Å². The average molecular weight is 448 g/mol. The quantitative estimate of drug-likeness (QED) is 0.602. The minimum absolute atomic E-state index is 0.214. The van der Waals surface area contributed by atoms with Crippen LogP contribution in [0.25, 0.3) is 0 Å². The van der Waals surface area contributed by atoms with E-state index in [1.807, 2.05) is 30.3 Å². The summed E-state index contributed by atoms with van der Waals surface area (Å²) >= 11 is 1.56. The van der Waals surface area contributed by atoms with Crippen LogP contribution in [0.4, 0.5) is 4.79 Å². The fraction of sp³-hybridized carbons (Fsp3) is 0.591. The van der Waals surface area contributed by atoms with Crippen molar-refractivity contribution in [3.05, 3.63) is 35.9 Å². The van der Waals surface area contributed by atoms with Crippen LogP contribution in [0.2, 0.25) is 0 Å². The van der Waals surface area contributed by atoms with Crippen molar-refractivity contribution in [1.82, 2.24) is 15.5 Å². The Morgan fingerprint density at radius 2 is 2.00 bits per heavy atom. The SMILES string of the molecule is O=C(C1O[C@H]2CCCN[C@H]2C1=O)[C@H](CSCc1ccccc1)NC(=O)N1CCOCC1. The summed E-state index contributed by atoms with van der Waals surface area (Å²) in [5.41, 5.74) is 1.14. The fourth-order valence-corrected chi connectivity index (χ4v) is 5.18. The summed E-state index contributed by atoms with van der Waals surface area (Å²) in [4.78, 5) is 40.5. The van der Waals surface area contributed by atoms with Gasteiger partial charge in [-0.05, 0) is 24.9 Å². The minimum Gasteiger partial charge on any atom is -0.378 e. The molecule has 3 heterocycles. The lowest BCUT2D eigenvalue weighted by molar-refractivity contribution is -0.138. The van der Waals surface area contributed by atoms with Crippen molar-refractivity contribution < 1.29 is 23.9 Å². The van der Waals surface area contributed by atoms with Crippen LogP contribution in [0, 0.1) is 0 Å².